The van der Waals surface area contributed by atoms with Crippen LogP contribution in [0.4, 0.5) is 0 Å². The van der Waals surface area contributed by atoms with Gasteiger partial charge in [0.1, 0.15) is 10.9 Å². The van der Waals surface area contributed by atoms with Gasteiger partial charge >= 0.3 is 5.97 Å². The lowest BCUT2D eigenvalue weighted by Crippen LogP contribution is -2.06. The minimum atomic E-state index is -0.280. The first-order chi connectivity index (χ1) is 6.27. The van der Waals surface area contributed by atoms with Crippen molar-refractivity contribution in [2.75, 3.05) is 0 Å². The number of nitrogens with zero attached hydrogens (tertiary/aromatic N) is 1. The summed E-state index contributed by atoms with van der Waals surface area (Å²) in [6.07, 6.45) is 1.14. The minimum Gasteiger partial charge on any atom is -0.424 e. The van der Waals surface area contributed by atoms with E-state index in [0.717, 1.165) is 6.42 Å². The molecule has 0 atom stereocenters. The fraction of sp³-hybridized carbons (Fsp3) is 0.333. The van der Waals surface area contributed by atoms with Crippen molar-refractivity contribution < 1.29 is 9.53 Å². The molecular weight excluding hydrogens is 186 g/mol. The summed E-state index contributed by atoms with van der Waals surface area (Å²) in [6.45, 7) is 1.90. The van der Waals surface area contributed by atoms with Crippen molar-refractivity contribution in [2.24, 2.45) is 0 Å². The lowest BCUT2D eigenvalue weighted by molar-refractivity contribution is -0.134. The Balaban J connectivity index is 2.64. The first kappa shape index (κ1) is 9.75. The average Bonchev–Trinajstić information content (AvgIpc) is 2.52. The van der Waals surface area contributed by atoms with Crippen LogP contribution in [0.3, 0.4) is 0 Å². The van der Waals surface area contributed by atoms with Crippen molar-refractivity contribution in [1.29, 1.82) is 5.26 Å². The van der Waals surface area contributed by atoms with Crippen LogP contribution in [0.2, 0.25) is 0 Å². The van der Waals surface area contributed by atoms with Gasteiger partial charge in [0.2, 0.25) is 0 Å². The van der Waals surface area contributed by atoms with E-state index in [1.807, 2.05) is 13.0 Å². The summed E-state index contributed by atoms with van der Waals surface area (Å²) in [7, 11) is 0. The number of ether oxygens (including phenoxy) is 1. The molecule has 0 saturated heterocycles. The summed E-state index contributed by atoms with van der Waals surface area (Å²) in [5, 5.41) is 10.3. The molecule has 0 spiro atoms. The third-order valence-electron chi connectivity index (χ3n) is 1.41. The number of carbonyl (C=O) groups excluding carboxylic acids is 1. The molecule has 0 aromatic carbocycles. The Labute approximate surface area is 80.6 Å². The van der Waals surface area contributed by atoms with E-state index >= 15 is 0 Å². The fourth-order valence-corrected chi connectivity index (χ4v) is 1.44. The number of thiophene rings is 1. The van der Waals surface area contributed by atoms with Crippen LogP contribution in [0.1, 0.15) is 24.6 Å². The SMILES string of the molecule is CCCC(=O)Oc1ccsc1C#N. The molecule has 1 rings (SSSR count). The van der Waals surface area contributed by atoms with E-state index in [4.69, 9.17) is 10.00 Å². The molecule has 0 amide bonds. The van der Waals surface area contributed by atoms with Gasteiger partial charge in [0.15, 0.2) is 5.75 Å². The van der Waals surface area contributed by atoms with Gasteiger partial charge < -0.3 is 4.74 Å². The topological polar surface area (TPSA) is 50.1 Å². The quantitative estimate of drug-likeness (QED) is 0.695. The van der Waals surface area contributed by atoms with Gasteiger partial charge in [-0.25, -0.2) is 0 Å². The Morgan fingerprint density at radius 2 is 2.54 bits per heavy atom. The van der Waals surface area contributed by atoms with Gasteiger partial charge in [0.25, 0.3) is 0 Å². The van der Waals surface area contributed by atoms with Crippen molar-refractivity contribution >= 4 is 17.3 Å². The number of nitriles is 1. The zero-order valence-corrected chi connectivity index (χ0v) is 8.06. The fourth-order valence-electron chi connectivity index (χ4n) is 0.837. The Bertz CT molecular complexity index is 338. The summed E-state index contributed by atoms with van der Waals surface area (Å²) in [5.74, 6) is 0.100. The first-order valence-corrected chi connectivity index (χ1v) is 4.84. The van der Waals surface area contributed by atoms with Crippen molar-refractivity contribution in [2.45, 2.75) is 19.8 Å². The summed E-state index contributed by atoms with van der Waals surface area (Å²) < 4.78 is 4.97. The highest BCUT2D eigenvalue weighted by Crippen LogP contribution is 2.23. The van der Waals surface area contributed by atoms with E-state index in [2.05, 4.69) is 0 Å². The molecular formula is C9H9NO2S. The lowest BCUT2D eigenvalue weighted by Gasteiger charge is -1.99. The highest BCUT2D eigenvalue weighted by molar-refractivity contribution is 7.10. The molecule has 1 heterocycles. The molecule has 13 heavy (non-hydrogen) atoms. The molecule has 4 heteroatoms. The Hall–Kier alpha value is -1.34. The van der Waals surface area contributed by atoms with Crippen LogP contribution in [0.5, 0.6) is 5.75 Å². The van der Waals surface area contributed by atoms with E-state index in [1.165, 1.54) is 11.3 Å². The van der Waals surface area contributed by atoms with Crippen LogP contribution >= 0.6 is 11.3 Å². The molecule has 68 valence electrons. The normalized spacial score (nSPS) is 9.23. The molecule has 0 N–H and O–H groups in total. The standard InChI is InChI=1S/C9H9NO2S/c1-2-3-9(11)12-7-4-5-13-8(7)6-10/h4-5H,2-3H2,1H3. The predicted molar refractivity (Wildman–Crippen MR) is 49.6 cm³/mol. The molecule has 1 aromatic heterocycles. The van der Waals surface area contributed by atoms with E-state index in [0.29, 0.717) is 17.0 Å². The lowest BCUT2D eigenvalue weighted by atomic mass is 10.3. The summed E-state index contributed by atoms with van der Waals surface area (Å²) in [5.41, 5.74) is 0. The van der Waals surface area contributed by atoms with Crippen LogP contribution in [0.25, 0.3) is 0 Å². The number of hydrogen-bond donors (Lipinski definition) is 0. The van der Waals surface area contributed by atoms with Gasteiger partial charge in [-0.05, 0) is 17.9 Å². The van der Waals surface area contributed by atoms with Crippen molar-refractivity contribution in [1.82, 2.24) is 0 Å². The zero-order valence-electron chi connectivity index (χ0n) is 7.24. The summed E-state index contributed by atoms with van der Waals surface area (Å²) >= 11 is 1.27. The second-order valence-corrected chi connectivity index (χ2v) is 3.37. The van der Waals surface area contributed by atoms with Gasteiger partial charge in [-0.15, -0.1) is 11.3 Å². The molecule has 0 radical (unpaired) electrons. The molecule has 3 nitrogen and oxygen atoms in total. The van der Waals surface area contributed by atoms with Crippen LogP contribution < -0.4 is 4.74 Å². The molecule has 0 unspecified atom stereocenters. The van der Waals surface area contributed by atoms with Gasteiger partial charge in [-0.3, -0.25) is 4.79 Å². The van der Waals surface area contributed by atoms with E-state index < -0.39 is 0 Å². The Morgan fingerprint density at radius 1 is 1.77 bits per heavy atom. The second-order valence-electron chi connectivity index (χ2n) is 2.45. The Morgan fingerprint density at radius 3 is 3.15 bits per heavy atom. The predicted octanol–water partition coefficient (Wildman–Crippen LogP) is 2.33. The monoisotopic (exact) mass is 195 g/mol. The average molecular weight is 195 g/mol. The van der Waals surface area contributed by atoms with Gasteiger partial charge in [-0.1, -0.05) is 6.92 Å². The first-order valence-electron chi connectivity index (χ1n) is 3.96. The smallest absolute Gasteiger partial charge is 0.311 e. The van der Waals surface area contributed by atoms with E-state index in [-0.39, 0.29) is 5.97 Å². The van der Waals surface area contributed by atoms with Crippen molar-refractivity contribution in [3.63, 3.8) is 0 Å². The molecule has 0 saturated carbocycles. The van der Waals surface area contributed by atoms with Crippen LogP contribution in [-0.4, -0.2) is 5.97 Å². The van der Waals surface area contributed by atoms with Gasteiger partial charge in [0.05, 0.1) is 0 Å². The Kier molecular flexibility index (Phi) is 3.47. The maximum absolute atomic E-state index is 11.1. The number of esters is 1. The van der Waals surface area contributed by atoms with Crippen LogP contribution in [0.15, 0.2) is 11.4 Å². The molecule has 0 aliphatic rings. The molecule has 1 aromatic rings. The van der Waals surface area contributed by atoms with Crippen molar-refractivity contribution in [3.8, 4) is 11.8 Å². The second kappa shape index (κ2) is 4.63. The van der Waals surface area contributed by atoms with E-state index in [1.54, 1.807) is 11.4 Å². The molecule has 0 aliphatic heterocycles. The maximum atomic E-state index is 11.1. The summed E-state index contributed by atoms with van der Waals surface area (Å²) in [6, 6.07) is 3.60. The maximum Gasteiger partial charge on any atom is 0.311 e. The van der Waals surface area contributed by atoms with Crippen LogP contribution in [0, 0.1) is 11.3 Å². The molecule has 0 bridgehead atoms. The molecule has 0 fully saturated rings. The van der Waals surface area contributed by atoms with Gasteiger partial charge in [-0.2, -0.15) is 5.26 Å². The third kappa shape index (κ3) is 2.56. The largest absolute Gasteiger partial charge is 0.424 e. The number of hydrogen-bond acceptors (Lipinski definition) is 4. The van der Waals surface area contributed by atoms with E-state index in [9.17, 15) is 4.79 Å². The van der Waals surface area contributed by atoms with Gasteiger partial charge in [0, 0.05) is 6.42 Å². The van der Waals surface area contributed by atoms with Crippen molar-refractivity contribution in [3.05, 3.63) is 16.3 Å². The molecule has 0 aliphatic carbocycles. The minimum absolute atomic E-state index is 0.280. The highest BCUT2D eigenvalue weighted by Gasteiger charge is 2.08. The third-order valence-corrected chi connectivity index (χ3v) is 2.21. The zero-order chi connectivity index (χ0) is 9.68. The summed E-state index contributed by atoms with van der Waals surface area (Å²) in [4.78, 5) is 11.5. The van der Waals surface area contributed by atoms with Crippen LogP contribution in [-0.2, 0) is 4.79 Å². The number of rotatable bonds is 3. The number of carbonyl (C=O) groups is 1. The highest BCUT2D eigenvalue weighted by atomic mass is 32.1.